The van der Waals surface area contributed by atoms with E-state index in [-0.39, 0.29) is 30.9 Å². The van der Waals surface area contributed by atoms with Crippen LogP contribution in [0.5, 0.6) is 0 Å². The van der Waals surface area contributed by atoms with Crippen LogP contribution in [0.4, 0.5) is 4.39 Å². The van der Waals surface area contributed by atoms with Gasteiger partial charge >= 0.3 is 19.2 Å². The number of halogens is 1. The number of benzene rings is 2. The Labute approximate surface area is 205 Å². The number of aliphatic hydroxyl groups is 1. The molecular weight excluding hydrogens is 468 g/mol. The lowest BCUT2D eigenvalue weighted by molar-refractivity contribution is -0.151. The number of carboxylic acids is 1. The van der Waals surface area contributed by atoms with Crippen LogP contribution in [0.2, 0.25) is 0 Å². The molecule has 184 valence electrons. The van der Waals surface area contributed by atoms with E-state index in [0.717, 1.165) is 11.1 Å². The molecule has 0 aliphatic rings. The molecule has 3 rings (SSSR count). The van der Waals surface area contributed by atoms with Crippen LogP contribution in [0.15, 0.2) is 66.7 Å². The van der Waals surface area contributed by atoms with Crippen LogP contribution in [0.3, 0.4) is 0 Å². The van der Waals surface area contributed by atoms with Crippen LogP contribution in [0.25, 0.3) is 11.3 Å². The average molecular weight is 499 g/mol. The van der Waals surface area contributed by atoms with Gasteiger partial charge in [-0.25, -0.2) is 14.2 Å². The summed E-state index contributed by atoms with van der Waals surface area (Å²) in [5, 5.41) is 20.2. The van der Waals surface area contributed by atoms with Gasteiger partial charge in [0.2, 0.25) is 0 Å². The molecule has 3 aromatic rings. The first-order valence-corrected chi connectivity index (χ1v) is 12.6. The fourth-order valence-electron chi connectivity index (χ4n) is 4.32. The maximum absolute atomic E-state index is 13.6. The van der Waals surface area contributed by atoms with Gasteiger partial charge in [0.25, 0.3) is 0 Å². The monoisotopic (exact) mass is 498 g/mol. The van der Waals surface area contributed by atoms with Crippen molar-refractivity contribution in [2.45, 2.75) is 50.8 Å². The Hall–Kier alpha value is -2.99. The number of carbonyl (C=O) groups is 1. The fourth-order valence-corrected chi connectivity index (χ4v) is 5.31. The van der Waals surface area contributed by atoms with Crippen LogP contribution in [0, 0.1) is 18.7 Å². The molecule has 3 atom stereocenters. The van der Waals surface area contributed by atoms with E-state index >= 15 is 0 Å². The molecule has 35 heavy (non-hydrogen) atoms. The molecule has 1 aromatic heterocycles. The summed E-state index contributed by atoms with van der Waals surface area (Å²) in [7, 11) is -3.42. The summed E-state index contributed by atoms with van der Waals surface area (Å²) in [5.74, 6) is -2.06. The number of hydrogen-bond donors (Lipinski definition) is 3. The Balaban J connectivity index is 2.30. The smallest absolute Gasteiger partial charge is 0.477 e. The van der Waals surface area contributed by atoms with Crippen molar-refractivity contribution in [3.05, 3.63) is 89.4 Å². The zero-order valence-corrected chi connectivity index (χ0v) is 20.9. The molecular formula is C27H30FNO5P+. The van der Waals surface area contributed by atoms with Gasteiger partial charge in [0, 0.05) is 18.4 Å². The van der Waals surface area contributed by atoms with Crippen molar-refractivity contribution < 1.29 is 28.9 Å². The van der Waals surface area contributed by atoms with E-state index in [1.165, 1.54) is 30.3 Å². The molecule has 8 heteroatoms. The zero-order valence-electron chi connectivity index (χ0n) is 20.0. The fraction of sp³-hybridized carbons (Fsp3) is 0.333. The lowest BCUT2D eigenvalue weighted by atomic mass is 9.75. The molecule has 3 unspecified atom stereocenters. The summed E-state index contributed by atoms with van der Waals surface area (Å²) < 4.78 is 26.5. The third kappa shape index (κ3) is 5.32. The van der Waals surface area contributed by atoms with Gasteiger partial charge in [-0.3, -0.25) is 0 Å². The number of aromatic nitrogens is 1. The van der Waals surface area contributed by atoms with Crippen LogP contribution in [0.1, 0.15) is 43.5 Å². The first-order valence-electron chi connectivity index (χ1n) is 11.4. The van der Waals surface area contributed by atoms with E-state index in [0.29, 0.717) is 11.3 Å². The summed E-state index contributed by atoms with van der Waals surface area (Å²) in [5.41, 5.74) is 0.0785. The van der Waals surface area contributed by atoms with Crippen molar-refractivity contribution in [2.75, 3.05) is 0 Å². The van der Waals surface area contributed by atoms with Gasteiger partial charge in [0.1, 0.15) is 5.82 Å². The van der Waals surface area contributed by atoms with E-state index in [9.17, 15) is 28.9 Å². The maximum atomic E-state index is 13.6. The van der Waals surface area contributed by atoms with Crippen molar-refractivity contribution in [3.63, 3.8) is 0 Å². The van der Waals surface area contributed by atoms with Crippen molar-refractivity contribution in [2.24, 2.45) is 5.92 Å². The Morgan fingerprint density at radius 1 is 1.06 bits per heavy atom. The average Bonchev–Trinajstić information content (AvgIpc) is 2.81. The molecule has 0 aliphatic heterocycles. The van der Waals surface area contributed by atoms with Gasteiger partial charge in [-0.1, -0.05) is 62.4 Å². The largest absolute Gasteiger partial charge is 0.527 e. The van der Waals surface area contributed by atoms with Crippen LogP contribution in [-0.2, 0) is 21.4 Å². The molecule has 0 radical (unpaired) electrons. The molecule has 6 nitrogen and oxygen atoms in total. The topological polar surface area (TPSA) is 108 Å². The second-order valence-corrected chi connectivity index (χ2v) is 10.6. The predicted octanol–water partition coefficient (Wildman–Crippen LogP) is 5.62. The van der Waals surface area contributed by atoms with E-state index in [2.05, 4.69) is 4.98 Å². The van der Waals surface area contributed by atoms with Crippen LogP contribution >= 0.6 is 8.03 Å². The number of aryl methyl sites for hydroxylation is 1. The molecule has 0 aliphatic carbocycles. The summed E-state index contributed by atoms with van der Waals surface area (Å²) in [6.07, 6.45) is -0.305. The molecule has 1 heterocycles. The van der Waals surface area contributed by atoms with Crippen molar-refractivity contribution in [1.29, 1.82) is 0 Å². The lowest BCUT2D eigenvalue weighted by Gasteiger charge is -2.36. The molecule has 2 aromatic carbocycles. The summed E-state index contributed by atoms with van der Waals surface area (Å²) in [6, 6.07) is 17.7. The highest BCUT2D eigenvalue weighted by Gasteiger charge is 2.71. The molecule has 0 spiro atoms. The SMILES string of the molecule is Cc1ccc(C(O)(Cc2ccc(F)cc2)C(CCC(C)C)(C(=O)O)[P+](=O)O)nc1-c1ccccc1. The standard InChI is InChI=1S/C27H29FNO5P/c1-18(2)15-16-27(25(30)31,35(33)34)26(32,17-20-10-12-22(28)13-11-20)23-14-9-19(3)24(29-23)21-7-5-4-6-8-21/h4-14,18,32H,15-17H2,1-3H3,(H-,30,31,33,34)/p+1. The van der Waals surface area contributed by atoms with Crippen molar-refractivity contribution >= 4 is 14.0 Å². The van der Waals surface area contributed by atoms with Gasteiger partial charge in [0.15, 0.2) is 5.60 Å². The quantitative estimate of drug-likeness (QED) is 0.313. The summed E-state index contributed by atoms with van der Waals surface area (Å²) in [6.45, 7) is 5.58. The second-order valence-electron chi connectivity index (χ2n) is 9.26. The first kappa shape index (κ1) is 26.6. The molecule has 0 bridgehead atoms. The number of carboxylic acid groups (broad SMARTS) is 1. The Morgan fingerprint density at radius 3 is 2.23 bits per heavy atom. The van der Waals surface area contributed by atoms with Crippen molar-refractivity contribution in [3.8, 4) is 11.3 Å². The number of rotatable bonds is 10. The summed E-state index contributed by atoms with van der Waals surface area (Å²) >= 11 is 0. The molecule has 0 amide bonds. The number of hydrogen-bond acceptors (Lipinski definition) is 4. The van der Waals surface area contributed by atoms with Gasteiger partial charge in [-0.15, -0.1) is 0 Å². The Morgan fingerprint density at radius 2 is 1.69 bits per heavy atom. The Kier molecular flexibility index (Phi) is 8.16. The minimum Gasteiger partial charge on any atom is -0.477 e. The summed E-state index contributed by atoms with van der Waals surface area (Å²) in [4.78, 5) is 27.9. The van der Waals surface area contributed by atoms with Crippen molar-refractivity contribution in [1.82, 2.24) is 4.98 Å². The van der Waals surface area contributed by atoms with Gasteiger partial charge < -0.3 is 10.2 Å². The maximum Gasteiger partial charge on any atom is 0.527 e. The van der Waals surface area contributed by atoms with Gasteiger partial charge in [-0.05, 0) is 53.2 Å². The highest BCUT2D eigenvalue weighted by Crippen LogP contribution is 2.54. The number of aliphatic carboxylic acids is 1. The highest BCUT2D eigenvalue weighted by molar-refractivity contribution is 7.41. The normalized spacial score (nSPS) is 15.3. The predicted molar refractivity (Wildman–Crippen MR) is 133 cm³/mol. The van der Waals surface area contributed by atoms with E-state index in [1.807, 2.05) is 51.1 Å². The van der Waals surface area contributed by atoms with E-state index in [4.69, 9.17) is 0 Å². The molecule has 0 saturated carbocycles. The van der Waals surface area contributed by atoms with Crippen LogP contribution < -0.4 is 0 Å². The van der Waals surface area contributed by atoms with Crippen LogP contribution in [-0.4, -0.2) is 31.2 Å². The minimum atomic E-state index is -3.42. The molecule has 3 N–H and O–H groups in total. The number of nitrogens with zero attached hydrogens (tertiary/aromatic N) is 1. The van der Waals surface area contributed by atoms with Gasteiger partial charge in [-0.2, -0.15) is 4.89 Å². The second kappa shape index (κ2) is 10.7. The highest BCUT2D eigenvalue weighted by atomic mass is 31.1. The lowest BCUT2D eigenvalue weighted by Crippen LogP contribution is -2.56. The molecule has 0 fully saturated rings. The third-order valence-corrected chi connectivity index (χ3v) is 7.83. The minimum absolute atomic E-state index is 0.0182. The van der Waals surface area contributed by atoms with Gasteiger partial charge in [0.05, 0.1) is 11.4 Å². The number of pyridine rings is 1. The van der Waals surface area contributed by atoms with E-state index in [1.54, 1.807) is 6.07 Å². The molecule has 0 saturated heterocycles. The third-order valence-electron chi connectivity index (χ3n) is 6.39. The first-order chi connectivity index (χ1) is 16.5. The van der Waals surface area contributed by atoms with E-state index < -0.39 is 30.6 Å². The zero-order chi connectivity index (χ0) is 25.8. The Bertz CT molecular complexity index is 1190.